The van der Waals surface area contributed by atoms with E-state index in [-0.39, 0.29) is 23.3 Å². The highest BCUT2D eigenvalue weighted by molar-refractivity contribution is 5.97. The van der Waals surface area contributed by atoms with Crippen LogP contribution in [-0.4, -0.2) is 60.1 Å². The Labute approximate surface area is 111 Å². The summed E-state index contributed by atoms with van der Waals surface area (Å²) in [5, 5.41) is 9.69. The molecule has 0 aromatic heterocycles. The number of phenols is 1. The van der Waals surface area contributed by atoms with Crippen LogP contribution in [0.2, 0.25) is 0 Å². The van der Waals surface area contributed by atoms with E-state index in [0.717, 1.165) is 18.7 Å². The van der Waals surface area contributed by atoms with Crippen LogP contribution in [0.1, 0.15) is 10.4 Å². The van der Waals surface area contributed by atoms with E-state index >= 15 is 0 Å². The van der Waals surface area contributed by atoms with Crippen molar-refractivity contribution in [1.29, 1.82) is 0 Å². The van der Waals surface area contributed by atoms with Gasteiger partial charge < -0.3 is 20.6 Å². The van der Waals surface area contributed by atoms with E-state index in [9.17, 15) is 14.3 Å². The molecule has 0 radical (unpaired) electrons. The number of carbonyl (C=O) groups is 1. The van der Waals surface area contributed by atoms with Crippen LogP contribution in [0.3, 0.4) is 0 Å². The standard InChI is InChI=1S/C13H18FN3O2/c1-16-4-5-17(10(7-15)8-16)13(19)11-6-9(14)2-3-12(11)18/h2-3,6,10,18H,4-5,7-8,15H2,1H3. The van der Waals surface area contributed by atoms with Gasteiger partial charge in [-0.05, 0) is 25.2 Å². The highest BCUT2D eigenvalue weighted by Crippen LogP contribution is 2.21. The maximum atomic E-state index is 13.2. The minimum atomic E-state index is -0.542. The molecule has 1 heterocycles. The predicted octanol–water partition coefficient (Wildman–Crippen LogP) is 0.246. The molecule has 6 heteroatoms. The number of halogens is 1. The number of benzene rings is 1. The molecule has 19 heavy (non-hydrogen) atoms. The molecule has 1 fully saturated rings. The first-order chi connectivity index (χ1) is 9.02. The van der Waals surface area contributed by atoms with Gasteiger partial charge in [-0.2, -0.15) is 0 Å². The van der Waals surface area contributed by atoms with Crippen LogP contribution in [0.15, 0.2) is 18.2 Å². The molecule has 3 N–H and O–H groups in total. The van der Waals surface area contributed by atoms with E-state index in [4.69, 9.17) is 5.73 Å². The number of nitrogens with zero attached hydrogens (tertiary/aromatic N) is 2. The summed E-state index contributed by atoms with van der Waals surface area (Å²) < 4.78 is 13.2. The zero-order valence-corrected chi connectivity index (χ0v) is 10.8. The summed E-state index contributed by atoms with van der Waals surface area (Å²) in [6.07, 6.45) is 0. The highest BCUT2D eigenvalue weighted by atomic mass is 19.1. The number of hydrogen-bond acceptors (Lipinski definition) is 4. The van der Waals surface area contributed by atoms with E-state index in [1.54, 1.807) is 4.90 Å². The zero-order chi connectivity index (χ0) is 14.0. The number of aromatic hydroxyl groups is 1. The summed E-state index contributed by atoms with van der Waals surface area (Å²) in [6, 6.07) is 3.25. The Kier molecular flexibility index (Phi) is 4.01. The van der Waals surface area contributed by atoms with Crippen molar-refractivity contribution in [3.05, 3.63) is 29.6 Å². The van der Waals surface area contributed by atoms with Crippen molar-refractivity contribution in [3.63, 3.8) is 0 Å². The predicted molar refractivity (Wildman–Crippen MR) is 69.4 cm³/mol. The number of nitrogens with two attached hydrogens (primary N) is 1. The van der Waals surface area contributed by atoms with Gasteiger partial charge in [0.25, 0.3) is 5.91 Å². The van der Waals surface area contributed by atoms with Gasteiger partial charge in [0.05, 0.1) is 11.6 Å². The Morgan fingerprint density at radius 2 is 2.26 bits per heavy atom. The Hall–Kier alpha value is -1.66. The number of amides is 1. The summed E-state index contributed by atoms with van der Waals surface area (Å²) in [4.78, 5) is 16.1. The molecule has 1 aromatic rings. The van der Waals surface area contributed by atoms with Gasteiger partial charge in [0, 0.05) is 26.2 Å². The van der Waals surface area contributed by atoms with E-state index in [2.05, 4.69) is 4.90 Å². The number of piperazine rings is 1. The van der Waals surface area contributed by atoms with Gasteiger partial charge in [0.1, 0.15) is 11.6 Å². The van der Waals surface area contributed by atoms with Gasteiger partial charge in [-0.25, -0.2) is 4.39 Å². The maximum Gasteiger partial charge on any atom is 0.258 e. The van der Waals surface area contributed by atoms with Gasteiger partial charge in [-0.15, -0.1) is 0 Å². The van der Waals surface area contributed by atoms with Gasteiger partial charge in [-0.1, -0.05) is 0 Å². The lowest BCUT2D eigenvalue weighted by atomic mass is 10.1. The Morgan fingerprint density at radius 3 is 2.95 bits per heavy atom. The zero-order valence-electron chi connectivity index (χ0n) is 10.8. The average molecular weight is 267 g/mol. The van der Waals surface area contributed by atoms with Crippen molar-refractivity contribution >= 4 is 5.91 Å². The third-order valence-electron chi connectivity index (χ3n) is 3.41. The van der Waals surface area contributed by atoms with Gasteiger partial charge in [0.2, 0.25) is 0 Å². The normalized spacial score (nSPS) is 20.6. The van der Waals surface area contributed by atoms with Crippen molar-refractivity contribution in [1.82, 2.24) is 9.80 Å². The molecule has 104 valence electrons. The third kappa shape index (κ3) is 2.85. The quantitative estimate of drug-likeness (QED) is 0.805. The lowest BCUT2D eigenvalue weighted by Crippen LogP contribution is -2.56. The molecule has 1 aliphatic rings. The molecule has 1 atom stereocenters. The summed E-state index contributed by atoms with van der Waals surface area (Å²) >= 11 is 0. The van der Waals surface area contributed by atoms with E-state index < -0.39 is 5.82 Å². The van der Waals surface area contributed by atoms with Gasteiger partial charge in [-0.3, -0.25) is 4.79 Å². The highest BCUT2D eigenvalue weighted by Gasteiger charge is 2.30. The molecule has 0 bridgehead atoms. The fraction of sp³-hybridized carbons (Fsp3) is 0.462. The minimum Gasteiger partial charge on any atom is -0.507 e. The van der Waals surface area contributed by atoms with Crippen LogP contribution in [0.4, 0.5) is 4.39 Å². The first-order valence-electron chi connectivity index (χ1n) is 6.21. The van der Waals surface area contributed by atoms with E-state index in [1.165, 1.54) is 6.07 Å². The molecular weight excluding hydrogens is 249 g/mol. The van der Waals surface area contributed by atoms with Crippen molar-refractivity contribution in [2.24, 2.45) is 5.73 Å². The molecule has 1 unspecified atom stereocenters. The second-order valence-electron chi connectivity index (χ2n) is 4.81. The first-order valence-corrected chi connectivity index (χ1v) is 6.21. The number of likely N-dealkylation sites (N-methyl/N-ethyl adjacent to an activating group) is 1. The fourth-order valence-electron chi connectivity index (χ4n) is 2.31. The van der Waals surface area contributed by atoms with Crippen LogP contribution >= 0.6 is 0 Å². The number of phenolic OH excluding ortho intramolecular Hbond substituents is 1. The van der Waals surface area contributed by atoms with E-state index in [1.807, 2.05) is 7.05 Å². The topological polar surface area (TPSA) is 69.8 Å². The Balaban J connectivity index is 2.25. The summed E-state index contributed by atoms with van der Waals surface area (Å²) in [5.41, 5.74) is 5.67. The SMILES string of the molecule is CN1CCN(C(=O)c2cc(F)ccc2O)C(CN)C1. The molecule has 5 nitrogen and oxygen atoms in total. The molecule has 0 spiro atoms. The summed E-state index contributed by atoms with van der Waals surface area (Å²) in [6.45, 7) is 2.27. The van der Waals surface area contributed by atoms with Crippen molar-refractivity contribution in [2.75, 3.05) is 33.2 Å². The maximum absolute atomic E-state index is 13.2. The third-order valence-corrected chi connectivity index (χ3v) is 3.41. The largest absolute Gasteiger partial charge is 0.507 e. The monoisotopic (exact) mass is 267 g/mol. The van der Waals surface area contributed by atoms with Gasteiger partial charge in [0.15, 0.2) is 0 Å². The second kappa shape index (κ2) is 5.54. The Morgan fingerprint density at radius 1 is 1.53 bits per heavy atom. The first kappa shape index (κ1) is 13.8. The lowest BCUT2D eigenvalue weighted by molar-refractivity contribution is 0.0512. The molecule has 0 saturated carbocycles. The molecule has 1 amide bonds. The molecule has 2 rings (SSSR count). The second-order valence-corrected chi connectivity index (χ2v) is 4.81. The van der Waals surface area contributed by atoms with Crippen LogP contribution in [0.5, 0.6) is 5.75 Å². The summed E-state index contributed by atoms with van der Waals surface area (Å²) in [5.74, 6) is -1.12. The minimum absolute atomic E-state index is 0.0111. The molecule has 0 aliphatic carbocycles. The fourth-order valence-corrected chi connectivity index (χ4v) is 2.31. The van der Waals surface area contributed by atoms with E-state index in [0.29, 0.717) is 19.6 Å². The molecule has 1 aliphatic heterocycles. The van der Waals surface area contributed by atoms with Crippen LogP contribution in [-0.2, 0) is 0 Å². The van der Waals surface area contributed by atoms with Crippen LogP contribution in [0, 0.1) is 5.82 Å². The smallest absolute Gasteiger partial charge is 0.258 e. The average Bonchev–Trinajstić information content (AvgIpc) is 2.40. The lowest BCUT2D eigenvalue weighted by Gasteiger charge is -2.39. The Bertz CT molecular complexity index is 481. The van der Waals surface area contributed by atoms with Crippen molar-refractivity contribution < 1.29 is 14.3 Å². The summed E-state index contributed by atoms with van der Waals surface area (Å²) in [7, 11) is 1.96. The van der Waals surface area contributed by atoms with Crippen molar-refractivity contribution in [3.8, 4) is 5.75 Å². The molecule has 1 aromatic carbocycles. The number of hydrogen-bond donors (Lipinski definition) is 2. The molecular formula is C13H18FN3O2. The molecule has 1 saturated heterocycles. The van der Waals surface area contributed by atoms with Crippen molar-refractivity contribution in [2.45, 2.75) is 6.04 Å². The number of rotatable bonds is 2. The number of carbonyl (C=O) groups excluding carboxylic acids is 1. The van der Waals surface area contributed by atoms with Crippen LogP contribution < -0.4 is 5.73 Å². The van der Waals surface area contributed by atoms with Crippen LogP contribution in [0.25, 0.3) is 0 Å². The van der Waals surface area contributed by atoms with Gasteiger partial charge >= 0.3 is 0 Å².